The summed E-state index contributed by atoms with van der Waals surface area (Å²) in [5.41, 5.74) is 2.44. The van der Waals surface area contributed by atoms with Crippen LogP contribution < -0.4 is 10.6 Å². The van der Waals surface area contributed by atoms with Gasteiger partial charge >= 0.3 is 5.97 Å². The normalized spacial score (nSPS) is 10.4. The first kappa shape index (κ1) is 20.8. The summed E-state index contributed by atoms with van der Waals surface area (Å²) < 4.78 is 6.67. The fourth-order valence-electron chi connectivity index (χ4n) is 2.42. The van der Waals surface area contributed by atoms with Crippen LogP contribution >= 0.6 is 23.6 Å². The summed E-state index contributed by atoms with van der Waals surface area (Å²) in [6.07, 6.45) is 1.85. The van der Waals surface area contributed by atoms with Gasteiger partial charge in [-0.05, 0) is 38.6 Å². The molecule has 2 aromatic heterocycles. The number of thiocarbonyl (C=S) groups is 1. The van der Waals surface area contributed by atoms with Gasteiger partial charge in [0, 0.05) is 26.8 Å². The maximum absolute atomic E-state index is 12.4. The number of carbonyl (C=O) groups is 2. The Morgan fingerprint density at radius 3 is 2.52 bits per heavy atom. The molecule has 0 unspecified atom stereocenters. The predicted octanol–water partition coefficient (Wildman–Crippen LogP) is 2.88. The van der Waals surface area contributed by atoms with Gasteiger partial charge in [0.05, 0.1) is 28.9 Å². The molecule has 27 heavy (non-hydrogen) atoms. The Morgan fingerprint density at radius 1 is 1.33 bits per heavy atom. The van der Waals surface area contributed by atoms with Crippen LogP contribution in [-0.2, 0) is 11.3 Å². The third-order valence-corrected chi connectivity index (χ3v) is 5.28. The van der Waals surface area contributed by atoms with Gasteiger partial charge in [0.25, 0.3) is 5.91 Å². The van der Waals surface area contributed by atoms with Crippen LogP contribution in [0.15, 0.2) is 6.20 Å². The number of hydrogen-bond donors (Lipinski definition) is 2. The maximum atomic E-state index is 12.4. The molecule has 0 bridgehead atoms. The Hall–Kier alpha value is -2.46. The second-order valence-electron chi connectivity index (χ2n) is 6.01. The van der Waals surface area contributed by atoms with Crippen molar-refractivity contribution in [3.05, 3.63) is 27.9 Å². The Morgan fingerprint density at radius 2 is 2.00 bits per heavy atom. The van der Waals surface area contributed by atoms with Gasteiger partial charge in [0.2, 0.25) is 0 Å². The quantitative estimate of drug-likeness (QED) is 0.580. The molecule has 146 valence electrons. The minimum atomic E-state index is -0.526. The first-order valence-corrected chi connectivity index (χ1v) is 9.47. The van der Waals surface area contributed by atoms with E-state index in [4.69, 9.17) is 17.0 Å². The van der Waals surface area contributed by atoms with Gasteiger partial charge in [0.15, 0.2) is 5.11 Å². The van der Waals surface area contributed by atoms with Crippen LogP contribution in [0.4, 0.5) is 10.7 Å². The first-order chi connectivity index (χ1) is 12.7. The third-order valence-electron chi connectivity index (χ3n) is 3.88. The van der Waals surface area contributed by atoms with Crippen molar-refractivity contribution in [1.82, 2.24) is 14.7 Å². The van der Waals surface area contributed by atoms with E-state index in [1.807, 2.05) is 20.0 Å². The van der Waals surface area contributed by atoms with Crippen molar-refractivity contribution in [2.45, 2.75) is 27.3 Å². The average Bonchev–Trinajstić information content (AvgIpc) is 3.13. The molecule has 2 N–H and O–H groups in total. The number of ether oxygens (including phenoxy) is 1. The van der Waals surface area contributed by atoms with Crippen molar-refractivity contribution < 1.29 is 14.3 Å². The van der Waals surface area contributed by atoms with E-state index >= 15 is 0 Å². The molecule has 0 spiro atoms. The molecule has 0 fully saturated rings. The molecule has 0 aromatic carbocycles. The number of esters is 1. The molecule has 0 saturated carbocycles. The Kier molecular flexibility index (Phi) is 6.55. The molecule has 0 radical (unpaired) electrons. The van der Waals surface area contributed by atoms with Crippen molar-refractivity contribution in [1.29, 1.82) is 0 Å². The second kappa shape index (κ2) is 8.49. The highest BCUT2D eigenvalue weighted by Crippen LogP contribution is 2.34. The first-order valence-electron chi connectivity index (χ1n) is 8.24. The van der Waals surface area contributed by atoms with E-state index in [1.165, 1.54) is 23.3 Å². The number of aryl methyl sites for hydroxylation is 2. The minimum Gasteiger partial charge on any atom is -0.465 e. The van der Waals surface area contributed by atoms with Gasteiger partial charge in [-0.3, -0.25) is 9.48 Å². The van der Waals surface area contributed by atoms with Crippen molar-refractivity contribution in [3.8, 4) is 0 Å². The number of nitrogens with zero attached hydrogens (tertiary/aromatic N) is 3. The molecule has 1 amide bonds. The standard InChI is InChI=1S/C17H23N5O3S2/c1-7-22-8-11(10(3)20-22)18-17(26)19-14-12(16(24)25-6)9(2)13(27-14)15(23)21(4)5/h8H,7H2,1-6H3,(H2,18,19,26). The summed E-state index contributed by atoms with van der Waals surface area (Å²) in [4.78, 5) is 26.6. The van der Waals surface area contributed by atoms with Crippen LogP contribution in [0.3, 0.4) is 0 Å². The summed E-state index contributed by atoms with van der Waals surface area (Å²) in [6.45, 7) is 6.33. The number of carbonyl (C=O) groups excluding carboxylic acids is 2. The van der Waals surface area contributed by atoms with Crippen molar-refractivity contribution in [2.75, 3.05) is 31.8 Å². The fourth-order valence-corrected chi connectivity index (χ4v) is 3.91. The summed E-state index contributed by atoms with van der Waals surface area (Å²) in [5, 5.41) is 11.2. The molecule has 2 heterocycles. The summed E-state index contributed by atoms with van der Waals surface area (Å²) >= 11 is 6.54. The lowest BCUT2D eigenvalue weighted by Gasteiger charge is -2.09. The number of methoxy groups -OCH3 is 1. The topological polar surface area (TPSA) is 88.5 Å². The average molecular weight is 410 g/mol. The van der Waals surface area contributed by atoms with E-state index in [-0.39, 0.29) is 5.91 Å². The number of thiophene rings is 1. The third kappa shape index (κ3) is 4.45. The lowest BCUT2D eigenvalue weighted by Crippen LogP contribution is -2.21. The molecular formula is C17H23N5O3S2. The summed E-state index contributed by atoms with van der Waals surface area (Å²) in [6, 6.07) is 0. The maximum Gasteiger partial charge on any atom is 0.341 e. The van der Waals surface area contributed by atoms with E-state index in [9.17, 15) is 9.59 Å². The lowest BCUT2D eigenvalue weighted by molar-refractivity contribution is 0.0601. The molecule has 0 saturated heterocycles. The molecular weight excluding hydrogens is 386 g/mol. The summed E-state index contributed by atoms with van der Waals surface area (Å²) in [7, 11) is 4.62. The predicted molar refractivity (Wildman–Crippen MR) is 111 cm³/mol. The van der Waals surface area contributed by atoms with Gasteiger partial charge in [0.1, 0.15) is 5.00 Å². The van der Waals surface area contributed by atoms with E-state index in [1.54, 1.807) is 25.7 Å². The van der Waals surface area contributed by atoms with Crippen LogP contribution in [0.25, 0.3) is 0 Å². The highest BCUT2D eigenvalue weighted by Gasteiger charge is 2.26. The zero-order valence-corrected chi connectivity index (χ0v) is 17.8. The summed E-state index contributed by atoms with van der Waals surface area (Å²) in [5.74, 6) is -0.712. The zero-order valence-electron chi connectivity index (χ0n) is 16.2. The van der Waals surface area contributed by atoms with Gasteiger partial charge in [-0.1, -0.05) is 0 Å². The Labute approximate surface area is 167 Å². The van der Waals surface area contributed by atoms with Gasteiger partial charge in [-0.2, -0.15) is 5.10 Å². The molecule has 0 aliphatic heterocycles. The van der Waals surface area contributed by atoms with Gasteiger partial charge < -0.3 is 20.3 Å². The van der Waals surface area contributed by atoms with Crippen LogP contribution in [0.2, 0.25) is 0 Å². The molecule has 10 heteroatoms. The minimum absolute atomic E-state index is 0.186. The van der Waals surface area contributed by atoms with E-state index in [2.05, 4.69) is 15.7 Å². The van der Waals surface area contributed by atoms with Crippen LogP contribution in [0.1, 0.15) is 38.2 Å². The van der Waals surface area contributed by atoms with Gasteiger partial charge in [-0.15, -0.1) is 11.3 Å². The fraction of sp³-hybridized carbons (Fsp3) is 0.412. The second-order valence-corrected chi connectivity index (χ2v) is 7.44. The highest BCUT2D eigenvalue weighted by molar-refractivity contribution is 7.80. The Balaban J connectivity index is 2.32. The number of aromatic nitrogens is 2. The van der Waals surface area contributed by atoms with Gasteiger partial charge in [-0.25, -0.2) is 4.79 Å². The number of anilines is 2. The smallest absolute Gasteiger partial charge is 0.341 e. The molecule has 2 aromatic rings. The van der Waals surface area contributed by atoms with Crippen molar-refractivity contribution >= 4 is 51.2 Å². The van der Waals surface area contributed by atoms with Crippen molar-refractivity contribution in [2.24, 2.45) is 0 Å². The van der Waals surface area contributed by atoms with E-state index in [0.717, 1.165) is 17.9 Å². The van der Waals surface area contributed by atoms with Crippen LogP contribution in [0, 0.1) is 13.8 Å². The number of hydrogen-bond acceptors (Lipinski definition) is 6. The molecule has 0 atom stereocenters. The van der Waals surface area contributed by atoms with E-state index < -0.39 is 5.97 Å². The number of amides is 1. The SMILES string of the molecule is CCn1cc(NC(=S)Nc2sc(C(=O)N(C)C)c(C)c2C(=O)OC)c(C)n1. The van der Waals surface area contributed by atoms with Crippen LogP contribution in [-0.4, -0.2) is 52.9 Å². The molecule has 0 aliphatic carbocycles. The van der Waals surface area contributed by atoms with E-state index in [0.29, 0.717) is 26.1 Å². The molecule has 2 rings (SSSR count). The molecule has 8 nitrogen and oxygen atoms in total. The lowest BCUT2D eigenvalue weighted by atomic mass is 10.1. The molecule has 0 aliphatic rings. The number of rotatable bonds is 5. The highest BCUT2D eigenvalue weighted by atomic mass is 32.1. The largest absolute Gasteiger partial charge is 0.465 e. The monoisotopic (exact) mass is 409 g/mol. The Bertz CT molecular complexity index is 886. The van der Waals surface area contributed by atoms with Crippen LogP contribution in [0.5, 0.6) is 0 Å². The zero-order chi connectivity index (χ0) is 20.3. The van der Waals surface area contributed by atoms with Crippen molar-refractivity contribution in [3.63, 3.8) is 0 Å². The number of nitrogens with one attached hydrogen (secondary N) is 2.